The summed E-state index contributed by atoms with van der Waals surface area (Å²) in [5.41, 5.74) is 3.69. The van der Waals surface area contributed by atoms with Gasteiger partial charge >= 0.3 is 0 Å². The van der Waals surface area contributed by atoms with Crippen molar-refractivity contribution in [3.63, 3.8) is 0 Å². The Morgan fingerprint density at radius 1 is 1.45 bits per heavy atom. The van der Waals surface area contributed by atoms with E-state index in [0.29, 0.717) is 17.8 Å². The number of rotatable bonds is 3. The molecule has 0 saturated heterocycles. The standard InChI is InChI=1S/C13H14N6O/c1-8-5-9(2)19-12(17-8)11(7-16-19)13(20)14-6-10-3-4-15-18-10/h3-5,7H,6H2,1-2H3,(H,14,20)(H,15,18). The van der Waals surface area contributed by atoms with E-state index in [9.17, 15) is 4.79 Å². The van der Waals surface area contributed by atoms with E-state index in [1.807, 2.05) is 26.0 Å². The van der Waals surface area contributed by atoms with Gasteiger partial charge in [-0.15, -0.1) is 0 Å². The average molecular weight is 270 g/mol. The summed E-state index contributed by atoms with van der Waals surface area (Å²) in [5.74, 6) is -0.202. The second-order valence-corrected chi connectivity index (χ2v) is 4.60. The van der Waals surface area contributed by atoms with Gasteiger partial charge in [-0.1, -0.05) is 0 Å². The predicted molar refractivity (Wildman–Crippen MR) is 72.2 cm³/mol. The van der Waals surface area contributed by atoms with E-state index in [-0.39, 0.29) is 5.91 Å². The highest BCUT2D eigenvalue weighted by Gasteiger charge is 2.15. The van der Waals surface area contributed by atoms with Crippen LogP contribution in [0.4, 0.5) is 0 Å². The molecule has 7 nitrogen and oxygen atoms in total. The molecule has 3 rings (SSSR count). The summed E-state index contributed by atoms with van der Waals surface area (Å²) in [6, 6.07) is 3.73. The zero-order valence-corrected chi connectivity index (χ0v) is 11.2. The summed E-state index contributed by atoms with van der Waals surface area (Å²) < 4.78 is 1.66. The molecule has 2 N–H and O–H groups in total. The number of aryl methyl sites for hydroxylation is 2. The third-order valence-corrected chi connectivity index (χ3v) is 3.02. The summed E-state index contributed by atoms with van der Waals surface area (Å²) >= 11 is 0. The lowest BCUT2D eigenvalue weighted by Gasteiger charge is -2.03. The molecule has 7 heteroatoms. The van der Waals surface area contributed by atoms with Crippen molar-refractivity contribution in [2.75, 3.05) is 0 Å². The number of nitrogens with zero attached hydrogens (tertiary/aromatic N) is 4. The summed E-state index contributed by atoms with van der Waals surface area (Å²) in [6.45, 7) is 4.22. The summed E-state index contributed by atoms with van der Waals surface area (Å²) in [6.07, 6.45) is 3.18. The first kappa shape index (κ1) is 12.3. The zero-order valence-electron chi connectivity index (χ0n) is 11.2. The first-order chi connectivity index (χ1) is 9.65. The quantitative estimate of drug-likeness (QED) is 0.743. The number of fused-ring (bicyclic) bond motifs is 1. The number of nitrogens with one attached hydrogen (secondary N) is 2. The molecule has 0 atom stereocenters. The maximum atomic E-state index is 12.2. The van der Waals surface area contributed by atoms with Gasteiger partial charge in [-0.05, 0) is 26.0 Å². The lowest BCUT2D eigenvalue weighted by atomic mass is 10.3. The highest BCUT2D eigenvalue weighted by molar-refractivity contribution is 5.99. The third-order valence-electron chi connectivity index (χ3n) is 3.02. The lowest BCUT2D eigenvalue weighted by Crippen LogP contribution is -2.23. The van der Waals surface area contributed by atoms with Crippen LogP contribution in [-0.4, -0.2) is 30.7 Å². The zero-order chi connectivity index (χ0) is 14.1. The Balaban J connectivity index is 1.88. The van der Waals surface area contributed by atoms with E-state index in [1.165, 1.54) is 6.20 Å². The summed E-state index contributed by atoms with van der Waals surface area (Å²) in [4.78, 5) is 16.6. The number of aromatic nitrogens is 5. The fraction of sp³-hybridized carbons (Fsp3) is 0.231. The van der Waals surface area contributed by atoms with Crippen LogP contribution in [0.5, 0.6) is 0 Å². The van der Waals surface area contributed by atoms with Gasteiger partial charge in [-0.25, -0.2) is 9.50 Å². The molecule has 20 heavy (non-hydrogen) atoms. The maximum absolute atomic E-state index is 12.2. The Morgan fingerprint density at radius 2 is 2.30 bits per heavy atom. The molecule has 3 heterocycles. The Kier molecular flexibility index (Phi) is 2.94. The van der Waals surface area contributed by atoms with Crippen LogP contribution in [0.1, 0.15) is 27.4 Å². The molecule has 1 amide bonds. The Labute approximate surface area is 115 Å². The van der Waals surface area contributed by atoms with Crippen LogP contribution in [0.15, 0.2) is 24.5 Å². The van der Waals surface area contributed by atoms with Crippen molar-refractivity contribution in [2.24, 2.45) is 0 Å². The van der Waals surface area contributed by atoms with Gasteiger partial charge in [-0.3, -0.25) is 9.89 Å². The molecule has 0 spiro atoms. The Morgan fingerprint density at radius 3 is 3.05 bits per heavy atom. The predicted octanol–water partition coefficient (Wildman–Crippen LogP) is 0.999. The largest absolute Gasteiger partial charge is 0.346 e. The fourth-order valence-corrected chi connectivity index (χ4v) is 2.08. The van der Waals surface area contributed by atoms with Gasteiger partial charge in [0.2, 0.25) is 0 Å². The van der Waals surface area contributed by atoms with Crippen molar-refractivity contribution >= 4 is 11.6 Å². The summed E-state index contributed by atoms with van der Waals surface area (Å²) in [7, 11) is 0. The first-order valence-electron chi connectivity index (χ1n) is 6.23. The molecule has 0 aliphatic carbocycles. The Bertz CT molecular complexity index is 759. The van der Waals surface area contributed by atoms with Gasteiger partial charge in [-0.2, -0.15) is 10.2 Å². The van der Waals surface area contributed by atoms with Crippen molar-refractivity contribution in [3.8, 4) is 0 Å². The molecule has 0 saturated carbocycles. The van der Waals surface area contributed by atoms with Crippen molar-refractivity contribution in [3.05, 3.63) is 47.2 Å². The van der Waals surface area contributed by atoms with Crippen LogP contribution in [0.3, 0.4) is 0 Å². The van der Waals surface area contributed by atoms with Crippen molar-refractivity contribution < 1.29 is 4.79 Å². The number of hydrogen-bond acceptors (Lipinski definition) is 4. The second-order valence-electron chi connectivity index (χ2n) is 4.60. The van der Waals surface area contributed by atoms with Crippen LogP contribution in [-0.2, 0) is 6.54 Å². The van der Waals surface area contributed by atoms with E-state index < -0.39 is 0 Å². The number of amides is 1. The van der Waals surface area contributed by atoms with Gasteiger partial charge in [0, 0.05) is 17.6 Å². The number of carbonyl (C=O) groups is 1. The third kappa shape index (κ3) is 2.13. The number of carbonyl (C=O) groups excluding carboxylic acids is 1. The van der Waals surface area contributed by atoms with Crippen LogP contribution in [0.25, 0.3) is 5.65 Å². The van der Waals surface area contributed by atoms with E-state index in [2.05, 4.69) is 25.6 Å². The SMILES string of the molecule is Cc1cc(C)n2ncc(C(=O)NCc3ccn[nH]3)c2n1. The van der Waals surface area contributed by atoms with E-state index in [1.54, 1.807) is 10.7 Å². The van der Waals surface area contributed by atoms with Gasteiger partial charge in [0.15, 0.2) is 5.65 Å². The fourth-order valence-electron chi connectivity index (χ4n) is 2.08. The minimum absolute atomic E-state index is 0.202. The molecule has 3 aromatic heterocycles. The molecule has 0 unspecified atom stereocenters. The molecule has 0 aromatic carbocycles. The molecule has 0 aliphatic rings. The van der Waals surface area contributed by atoms with Crippen LogP contribution in [0.2, 0.25) is 0 Å². The van der Waals surface area contributed by atoms with Gasteiger partial charge in [0.1, 0.15) is 5.56 Å². The number of hydrogen-bond donors (Lipinski definition) is 2. The van der Waals surface area contributed by atoms with E-state index in [4.69, 9.17) is 0 Å². The normalized spacial score (nSPS) is 10.9. The second kappa shape index (κ2) is 4.76. The highest BCUT2D eigenvalue weighted by Crippen LogP contribution is 2.11. The number of H-pyrrole nitrogens is 1. The number of aromatic amines is 1. The summed E-state index contributed by atoms with van der Waals surface area (Å²) in [5, 5.41) is 13.6. The molecule has 0 aliphatic heterocycles. The minimum atomic E-state index is -0.202. The average Bonchev–Trinajstić information content (AvgIpc) is 3.04. The molecular weight excluding hydrogens is 256 g/mol. The van der Waals surface area contributed by atoms with Crippen molar-refractivity contribution in [1.82, 2.24) is 30.1 Å². The van der Waals surface area contributed by atoms with Crippen molar-refractivity contribution in [2.45, 2.75) is 20.4 Å². The lowest BCUT2D eigenvalue weighted by molar-refractivity contribution is 0.0952. The molecule has 0 radical (unpaired) electrons. The smallest absolute Gasteiger partial charge is 0.257 e. The Hall–Kier alpha value is -2.70. The van der Waals surface area contributed by atoms with Crippen LogP contribution in [0, 0.1) is 13.8 Å². The van der Waals surface area contributed by atoms with Gasteiger partial charge in [0.25, 0.3) is 5.91 Å². The topological polar surface area (TPSA) is 88.0 Å². The highest BCUT2D eigenvalue weighted by atomic mass is 16.1. The maximum Gasteiger partial charge on any atom is 0.257 e. The molecule has 102 valence electrons. The molecule has 3 aromatic rings. The minimum Gasteiger partial charge on any atom is -0.346 e. The van der Waals surface area contributed by atoms with Gasteiger partial charge in [0.05, 0.1) is 18.4 Å². The van der Waals surface area contributed by atoms with Crippen LogP contribution < -0.4 is 5.32 Å². The molecule has 0 fully saturated rings. The monoisotopic (exact) mass is 270 g/mol. The van der Waals surface area contributed by atoms with E-state index in [0.717, 1.165) is 17.1 Å². The van der Waals surface area contributed by atoms with Crippen LogP contribution >= 0.6 is 0 Å². The molecule has 0 bridgehead atoms. The molecular formula is C13H14N6O. The van der Waals surface area contributed by atoms with Gasteiger partial charge < -0.3 is 5.32 Å². The van der Waals surface area contributed by atoms with E-state index >= 15 is 0 Å². The first-order valence-corrected chi connectivity index (χ1v) is 6.23. The van der Waals surface area contributed by atoms with Crippen molar-refractivity contribution in [1.29, 1.82) is 0 Å².